The van der Waals surface area contributed by atoms with Gasteiger partial charge >= 0.3 is 12.0 Å². The van der Waals surface area contributed by atoms with Gasteiger partial charge in [0.1, 0.15) is 5.82 Å². The third-order valence-electron chi connectivity index (χ3n) is 2.80. The number of aryl methyl sites for hydroxylation is 1. The normalized spacial score (nSPS) is 19.6. The predicted octanol–water partition coefficient (Wildman–Crippen LogP) is 1.18. The molecule has 1 fully saturated rings. The first-order valence-corrected chi connectivity index (χ1v) is 6.42. The van der Waals surface area contributed by atoms with Crippen molar-refractivity contribution in [1.29, 1.82) is 0 Å². The summed E-state index contributed by atoms with van der Waals surface area (Å²) in [4.78, 5) is 28.4. The Balaban J connectivity index is 1.94. The summed E-state index contributed by atoms with van der Waals surface area (Å²) in [7, 11) is 0. The summed E-state index contributed by atoms with van der Waals surface area (Å²) in [5.74, 6) is -0.711. The molecule has 0 spiro atoms. The van der Waals surface area contributed by atoms with E-state index in [1.165, 1.54) is 4.90 Å². The van der Waals surface area contributed by atoms with E-state index in [1.807, 2.05) is 0 Å². The van der Waals surface area contributed by atoms with Gasteiger partial charge in [-0.2, -0.15) is 4.37 Å². The Morgan fingerprint density at radius 3 is 2.94 bits per heavy atom. The second-order valence-corrected chi connectivity index (χ2v) is 4.95. The van der Waals surface area contributed by atoms with E-state index in [-0.39, 0.29) is 12.6 Å². The highest BCUT2D eigenvalue weighted by Crippen LogP contribution is 2.18. The van der Waals surface area contributed by atoms with Crippen molar-refractivity contribution in [3.8, 4) is 0 Å². The van der Waals surface area contributed by atoms with Gasteiger partial charge in [-0.1, -0.05) is 0 Å². The second-order valence-electron chi connectivity index (χ2n) is 4.20. The summed E-state index contributed by atoms with van der Waals surface area (Å²) in [6.45, 7) is 2.57. The van der Waals surface area contributed by atoms with E-state index in [1.54, 1.807) is 6.92 Å². The molecule has 0 radical (unpaired) electrons. The molecule has 8 heteroatoms. The average molecular weight is 270 g/mol. The molecule has 18 heavy (non-hydrogen) atoms. The highest BCUT2D eigenvalue weighted by atomic mass is 32.1. The van der Waals surface area contributed by atoms with Crippen LogP contribution in [0.25, 0.3) is 0 Å². The number of nitrogens with zero attached hydrogens (tertiary/aromatic N) is 3. The molecule has 0 aromatic carbocycles. The molecule has 0 aliphatic carbocycles. The molecular weight excluding hydrogens is 256 g/mol. The number of rotatable bonds is 2. The third kappa shape index (κ3) is 2.95. The monoisotopic (exact) mass is 270 g/mol. The van der Waals surface area contributed by atoms with Crippen LogP contribution in [0.5, 0.6) is 0 Å². The molecule has 1 aromatic heterocycles. The molecule has 0 bridgehead atoms. The summed E-state index contributed by atoms with van der Waals surface area (Å²) >= 11 is 1.11. The molecule has 1 atom stereocenters. The number of aromatic nitrogens is 2. The van der Waals surface area contributed by atoms with Crippen LogP contribution in [0.4, 0.5) is 9.93 Å². The van der Waals surface area contributed by atoms with Crippen LogP contribution >= 0.6 is 11.5 Å². The number of likely N-dealkylation sites (tertiary alicyclic amines) is 1. The molecule has 0 unspecified atom stereocenters. The van der Waals surface area contributed by atoms with Gasteiger partial charge in [0.15, 0.2) is 0 Å². The minimum atomic E-state index is -0.848. The van der Waals surface area contributed by atoms with Crippen molar-refractivity contribution < 1.29 is 14.7 Å². The smallest absolute Gasteiger partial charge is 0.323 e. The number of carboxylic acid groups (broad SMARTS) is 1. The lowest BCUT2D eigenvalue weighted by atomic mass is 9.99. The van der Waals surface area contributed by atoms with Gasteiger partial charge in [-0.15, -0.1) is 0 Å². The maximum Gasteiger partial charge on any atom is 0.323 e. The number of carbonyl (C=O) groups excluding carboxylic acids is 1. The molecule has 2 heterocycles. The van der Waals surface area contributed by atoms with E-state index in [9.17, 15) is 9.59 Å². The van der Waals surface area contributed by atoms with Crippen LogP contribution in [0.15, 0.2) is 0 Å². The van der Waals surface area contributed by atoms with Gasteiger partial charge in [0.25, 0.3) is 0 Å². The van der Waals surface area contributed by atoms with Crippen LogP contribution in [0.1, 0.15) is 18.7 Å². The Morgan fingerprint density at radius 1 is 1.56 bits per heavy atom. The Morgan fingerprint density at radius 2 is 2.33 bits per heavy atom. The molecule has 0 saturated carbocycles. The first-order valence-electron chi connectivity index (χ1n) is 5.65. The number of piperidine rings is 1. The number of anilines is 1. The lowest BCUT2D eigenvalue weighted by Gasteiger charge is -2.30. The van der Waals surface area contributed by atoms with Crippen LogP contribution in [-0.2, 0) is 4.79 Å². The van der Waals surface area contributed by atoms with Crippen molar-refractivity contribution in [2.24, 2.45) is 5.92 Å². The molecule has 1 saturated heterocycles. The Hall–Kier alpha value is -1.70. The van der Waals surface area contributed by atoms with Crippen molar-refractivity contribution in [3.05, 3.63) is 5.82 Å². The number of hydrogen-bond acceptors (Lipinski definition) is 5. The first kappa shape index (κ1) is 12.7. The van der Waals surface area contributed by atoms with Gasteiger partial charge in [-0.25, -0.2) is 9.78 Å². The van der Waals surface area contributed by atoms with E-state index in [0.717, 1.165) is 11.5 Å². The first-order chi connectivity index (χ1) is 8.56. The molecule has 1 aromatic rings. The molecule has 2 N–H and O–H groups in total. The van der Waals surface area contributed by atoms with E-state index < -0.39 is 11.9 Å². The standard InChI is InChI=1S/C10H14N4O3S/c1-6-11-9(18-13-6)12-10(17)14-4-2-3-7(5-14)8(15)16/h7H,2-5H2,1H3,(H,15,16)(H,11,12,13,17)/t7-/m0/s1. The fourth-order valence-corrected chi connectivity index (χ4v) is 2.45. The highest BCUT2D eigenvalue weighted by Gasteiger charge is 2.28. The summed E-state index contributed by atoms with van der Waals surface area (Å²) in [6, 6.07) is -0.308. The zero-order chi connectivity index (χ0) is 13.1. The van der Waals surface area contributed by atoms with E-state index in [2.05, 4.69) is 14.7 Å². The molecule has 1 aliphatic rings. The molecule has 2 amide bonds. The van der Waals surface area contributed by atoms with Crippen molar-refractivity contribution in [3.63, 3.8) is 0 Å². The minimum Gasteiger partial charge on any atom is -0.481 e. The summed E-state index contributed by atoms with van der Waals surface area (Å²) in [6.07, 6.45) is 1.33. The molecule has 1 aliphatic heterocycles. The third-order valence-corrected chi connectivity index (χ3v) is 3.52. The lowest BCUT2D eigenvalue weighted by molar-refractivity contribution is -0.143. The predicted molar refractivity (Wildman–Crippen MR) is 65.6 cm³/mol. The van der Waals surface area contributed by atoms with Gasteiger partial charge in [-0.3, -0.25) is 10.1 Å². The van der Waals surface area contributed by atoms with Crippen LogP contribution in [0.2, 0.25) is 0 Å². The SMILES string of the molecule is Cc1nsc(NC(=O)N2CCC[C@H](C(=O)O)C2)n1. The maximum atomic E-state index is 11.9. The van der Waals surface area contributed by atoms with Crippen LogP contribution in [0.3, 0.4) is 0 Å². The van der Waals surface area contributed by atoms with Crippen molar-refractivity contribution in [1.82, 2.24) is 14.3 Å². The lowest BCUT2D eigenvalue weighted by Crippen LogP contribution is -2.44. The van der Waals surface area contributed by atoms with Gasteiger partial charge in [0.05, 0.1) is 5.92 Å². The minimum absolute atomic E-state index is 0.249. The molecule has 2 rings (SSSR count). The number of hydrogen-bond donors (Lipinski definition) is 2. The number of carbonyl (C=O) groups is 2. The number of aliphatic carboxylic acids is 1. The number of nitrogens with one attached hydrogen (secondary N) is 1. The van der Waals surface area contributed by atoms with Gasteiger partial charge in [0.2, 0.25) is 5.13 Å². The van der Waals surface area contributed by atoms with Crippen LogP contribution in [0, 0.1) is 12.8 Å². The fraction of sp³-hybridized carbons (Fsp3) is 0.600. The van der Waals surface area contributed by atoms with Crippen LogP contribution in [-0.4, -0.2) is 44.5 Å². The number of carboxylic acids is 1. The van der Waals surface area contributed by atoms with Gasteiger partial charge < -0.3 is 10.0 Å². The summed E-state index contributed by atoms with van der Waals surface area (Å²) in [5, 5.41) is 12.0. The van der Waals surface area contributed by atoms with E-state index >= 15 is 0 Å². The average Bonchev–Trinajstić information content (AvgIpc) is 2.75. The zero-order valence-corrected chi connectivity index (χ0v) is 10.7. The highest BCUT2D eigenvalue weighted by molar-refractivity contribution is 7.09. The largest absolute Gasteiger partial charge is 0.481 e. The number of amides is 2. The Kier molecular flexibility index (Phi) is 3.75. The van der Waals surface area contributed by atoms with Crippen molar-refractivity contribution in [2.75, 3.05) is 18.4 Å². The topological polar surface area (TPSA) is 95.4 Å². The molecule has 98 valence electrons. The van der Waals surface area contributed by atoms with Crippen LogP contribution < -0.4 is 5.32 Å². The Bertz CT molecular complexity index is 462. The summed E-state index contributed by atoms with van der Waals surface area (Å²) < 4.78 is 3.96. The molecule has 7 nitrogen and oxygen atoms in total. The zero-order valence-electron chi connectivity index (χ0n) is 9.92. The summed E-state index contributed by atoms with van der Waals surface area (Å²) in [5.41, 5.74) is 0. The van der Waals surface area contributed by atoms with Gasteiger partial charge in [0, 0.05) is 24.6 Å². The number of urea groups is 1. The second kappa shape index (κ2) is 5.30. The van der Waals surface area contributed by atoms with E-state index in [4.69, 9.17) is 5.11 Å². The molecular formula is C10H14N4O3S. The Labute approximate surface area is 108 Å². The fourth-order valence-electron chi connectivity index (χ4n) is 1.88. The quantitative estimate of drug-likeness (QED) is 0.841. The maximum absolute atomic E-state index is 11.9. The van der Waals surface area contributed by atoms with Crippen molar-refractivity contribution in [2.45, 2.75) is 19.8 Å². The van der Waals surface area contributed by atoms with E-state index in [0.29, 0.717) is 30.3 Å². The van der Waals surface area contributed by atoms with Gasteiger partial charge in [-0.05, 0) is 19.8 Å². The van der Waals surface area contributed by atoms with Crippen molar-refractivity contribution >= 4 is 28.7 Å².